The van der Waals surface area contributed by atoms with Crippen molar-refractivity contribution in [2.45, 2.75) is 25.9 Å². The van der Waals surface area contributed by atoms with Crippen molar-refractivity contribution in [1.29, 1.82) is 0 Å². The molecule has 0 saturated heterocycles. The Labute approximate surface area is 141 Å². The lowest BCUT2D eigenvalue weighted by Gasteiger charge is -2.31. The van der Waals surface area contributed by atoms with E-state index in [-0.39, 0.29) is 30.9 Å². The largest absolute Gasteiger partial charge is 0.394 e. The molecule has 0 aliphatic rings. The number of amides is 1. The van der Waals surface area contributed by atoms with Gasteiger partial charge >= 0.3 is 0 Å². The van der Waals surface area contributed by atoms with E-state index in [1.165, 1.54) is 12.1 Å². The smallest absolute Gasteiger partial charge is 0.239 e. The van der Waals surface area contributed by atoms with E-state index in [9.17, 15) is 14.3 Å². The first-order chi connectivity index (χ1) is 11.6. The van der Waals surface area contributed by atoms with Crippen molar-refractivity contribution >= 4 is 11.6 Å². The van der Waals surface area contributed by atoms with Crippen LogP contribution >= 0.6 is 0 Å². The molecule has 0 aromatic heterocycles. The second kappa shape index (κ2) is 9.03. The number of aliphatic hydroxyl groups excluding tert-OH is 1. The number of hydrogen-bond donors (Lipinski definition) is 2. The molecule has 0 saturated carbocycles. The van der Waals surface area contributed by atoms with Crippen LogP contribution in [0.4, 0.5) is 10.1 Å². The van der Waals surface area contributed by atoms with Gasteiger partial charge < -0.3 is 15.3 Å². The van der Waals surface area contributed by atoms with E-state index in [2.05, 4.69) is 5.32 Å². The highest BCUT2D eigenvalue weighted by molar-refractivity contribution is 5.81. The molecular weight excluding hydrogens is 307 g/mol. The Kier molecular flexibility index (Phi) is 6.75. The zero-order valence-corrected chi connectivity index (χ0v) is 13.8. The zero-order chi connectivity index (χ0) is 17.4. The Morgan fingerprint density at radius 3 is 2.42 bits per heavy atom. The van der Waals surface area contributed by atoms with Gasteiger partial charge in [0.05, 0.1) is 19.2 Å². The van der Waals surface area contributed by atoms with E-state index in [0.29, 0.717) is 6.54 Å². The van der Waals surface area contributed by atoms with E-state index in [1.54, 1.807) is 12.1 Å². The average molecular weight is 330 g/mol. The fourth-order valence-electron chi connectivity index (χ4n) is 2.51. The quantitative estimate of drug-likeness (QED) is 0.782. The van der Waals surface area contributed by atoms with Crippen LogP contribution in [0.1, 0.15) is 18.9 Å². The van der Waals surface area contributed by atoms with Gasteiger partial charge in [-0.3, -0.25) is 4.79 Å². The summed E-state index contributed by atoms with van der Waals surface area (Å²) in [6.45, 7) is 2.46. The number of carbonyl (C=O) groups excluding carboxylic acids is 1. The molecule has 0 aliphatic heterocycles. The summed E-state index contributed by atoms with van der Waals surface area (Å²) in [6, 6.07) is 15.5. The molecule has 0 heterocycles. The summed E-state index contributed by atoms with van der Waals surface area (Å²) in [5, 5.41) is 12.4. The lowest BCUT2D eigenvalue weighted by atomic mass is 10.1. The molecule has 0 spiro atoms. The molecule has 1 atom stereocenters. The summed E-state index contributed by atoms with van der Waals surface area (Å²) >= 11 is 0. The second-order valence-corrected chi connectivity index (χ2v) is 5.61. The normalized spacial score (nSPS) is 11.8. The minimum absolute atomic E-state index is 0.0172. The highest BCUT2D eigenvalue weighted by Gasteiger charge is 2.19. The summed E-state index contributed by atoms with van der Waals surface area (Å²) < 4.78 is 12.9. The number of anilines is 1. The van der Waals surface area contributed by atoms with Crippen molar-refractivity contribution < 1.29 is 14.3 Å². The van der Waals surface area contributed by atoms with Crippen molar-refractivity contribution in [1.82, 2.24) is 5.32 Å². The number of nitrogens with one attached hydrogen (secondary N) is 1. The lowest BCUT2D eigenvalue weighted by molar-refractivity contribution is -0.120. The maximum absolute atomic E-state index is 12.9. The number of rotatable bonds is 8. The third-order valence-corrected chi connectivity index (χ3v) is 3.93. The molecule has 1 amide bonds. The zero-order valence-electron chi connectivity index (χ0n) is 13.8. The van der Waals surface area contributed by atoms with Gasteiger partial charge in [0, 0.05) is 12.2 Å². The fourth-order valence-corrected chi connectivity index (χ4v) is 2.51. The molecule has 2 aromatic rings. The SMILES string of the molecule is CCC(CO)N(CC(=O)NCc1ccc(F)cc1)c1ccccc1. The summed E-state index contributed by atoms with van der Waals surface area (Å²) in [5.74, 6) is -0.441. The number of para-hydroxylation sites is 1. The predicted molar refractivity (Wildman–Crippen MR) is 93.2 cm³/mol. The maximum Gasteiger partial charge on any atom is 0.239 e. The summed E-state index contributed by atoms with van der Waals surface area (Å²) in [7, 11) is 0. The van der Waals surface area contributed by atoms with Gasteiger partial charge in [0.2, 0.25) is 5.91 Å². The first-order valence-corrected chi connectivity index (χ1v) is 8.07. The first-order valence-electron chi connectivity index (χ1n) is 8.07. The number of halogens is 1. The highest BCUT2D eigenvalue weighted by atomic mass is 19.1. The number of carbonyl (C=O) groups is 1. The van der Waals surface area contributed by atoms with E-state index >= 15 is 0 Å². The van der Waals surface area contributed by atoms with Gasteiger partial charge in [0.1, 0.15) is 5.82 Å². The third kappa shape index (κ3) is 5.06. The van der Waals surface area contributed by atoms with E-state index in [4.69, 9.17) is 0 Å². The van der Waals surface area contributed by atoms with Gasteiger partial charge in [-0.2, -0.15) is 0 Å². The van der Waals surface area contributed by atoms with E-state index in [1.807, 2.05) is 42.2 Å². The predicted octanol–water partition coefficient (Wildman–Crippen LogP) is 2.72. The monoisotopic (exact) mass is 330 g/mol. The van der Waals surface area contributed by atoms with Gasteiger partial charge in [-0.15, -0.1) is 0 Å². The summed E-state index contributed by atoms with van der Waals surface area (Å²) in [6.07, 6.45) is 0.733. The van der Waals surface area contributed by atoms with Crippen molar-refractivity contribution in [3.8, 4) is 0 Å². The molecule has 128 valence electrons. The Morgan fingerprint density at radius 1 is 1.17 bits per heavy atom. The number of benzene rings is 2. The van der Waals surface area contributed by atoms with Crippen molar-refractivity contribution in [2.75, 3.05) is 18.1 Å². The van der Waals surface area contributed by atoms with Crippen LogP contribution in [0.2, 0.25) is 0 Å². The average Bonchev–Trinajstić information content (AvgIpc) is 2.62. The van der Waals surface area contributed by atoms with Crippen LogP contribution < -0.4 is 10.2 Å². The Balaban J connectivity index is 2.00. The van der Waals surface area contributed by atoms with E-state index in [0.717, 1.165) is 17.7 Å². The number of nitrogens with zero attached hydrogens (tertiary/aromatic N) is 1. The molecule has 2 N–H and O–H groups in total. The van der Waals surface area contributed by atoms with Gasteiger partial charge in [-0.25, -0.2) is 4.39 Å². The molecule has 1 unspecified atom stereocenters. The van der Waals surface area contributed by atoms with Crippen LogP contribution in [-0.2, 0) is 11.3 Å². The molecule has 5 heteroatoms. The lowest BCUT2D eigenvalue weighted by Crippen LogP contribution is -2.44. The molecule has 24 heavy (non-hydrogen) atoms. The van der Waals surface area contributed by atoms with Crippen LogP contribution in [0.5, 0.6) is 0 Å². The molecular formula is C19H23FN2O2. The van der Waals surface area contributed by atoms with Crippen molar-refractivity contribution in [3.63, 3.8) is 0 Å². The molecule has 4 nitrogen and oxygen atoms in total. The Bertz CT molecular complexity index is 628. The molecule has 0 bridgehead atoms. The maximum atomic E-state index is 12.9. The summed E-state index contributed by atoms with van der Waals surface area (Å²) in [5.41, 5.74) is 1.74. The topological polar surface area (TPSA) is 52.6 Å². The minimum atomic E-state index is -0.297. The third-order valence-electron chi connectivity index (χ3n) is 3.93. The van der Waals surface area contributed by atoms with Crippen LogP contribution in [-0.4, -0.2) is 30.2 Å². The fraction of sp³-hybridized carbons (Fsp3) is 0.316. The van der Waals surface area contributed by atoms with Gasteiger partial charge in [0.15, 0.2) is 0 Å². The van der Waals surface area contributed by atoms with Gasteiger partial charge in [-0.1, -0.05) is 37.3 Å². The van der Waals surface area contributed by atoms with Gasteiger partial charge in [0.25, 0.3) is 0 Å². The molecule has 2 rings (SSSR count). The van der Waals surface area contributed by atoms with Crippen LogP contribution in [0.25, 0.3) is 0 Å². The van der Waals surface area contributed by atoms with E-state index < -0.39 is 0 Å². The van der Waals surface area contributed by atoms with Crippen molar-refractivity contribution in [3.05, 3.63) is 66.0 Å². The van der Waals surface area contributed by atoms with Crippen molar-refractivity contribution in [2.24, 2.45) is 0 Å². The standard InChI is InChI=1S/C19H23FN2O2/c1-2-17(14-23)22(18-6-4-3-5-7-18)13-19(24)21-12-15-8-10-16(20)11-9-15/h3-11,17,23H,2,12-14H2,1H3,(H,21,24). The van der Waals surface area contributed by atoms with Crippen LogP contribution in [0.15, 0.2) is 54.6 Å². The van der Waals surface area contributed by atoms with Crippen LogP contribution in [0.3, 0.4) is 0 Å². The second-order valence-electron chi connectivity index (χ2n) is 5.61. The molecule has 0 radical (unpaired) electrons. The van der Waals surface area contributed by atoms with Gasteiger partial charge in [-0.05, 0) is 36.2 Å². The van der Waals surface area contributed by atoms with Crippen LogP contribution in [0, 0.1) is 5.82 Å². The molecule has 0 aliphatic carbocycles. The first kappa shape index (κ1) is 17.9. The number of aliphatic hydroxyl groups is 1. The molecule has 0 fully saturated rings. The summed E-state index contributed by atoms with van der Waals surface area (Å²) in [4.78, 5) is 14.2. The Hall–Kier alpha value is -2.40. The molecule has 2 aromatic carbocycles. The minimum Gasteiger partial charge on any atom is -0.394 e. The Morgan fingerprint density at radius 2 is 1.83 bits per heavy atom. The number of hydrogen-bond acceptors (Lipinski definition) is 3. The highest BCUT2D eigenvalue weighted by Crippen LogP contribution is 2.17.